The van der Waals surface area contributed by atoms with Gasteiger partial charge in [0, 0.05) is 10.7 Å². The maximum atomic E-state index is 12.5. The van der Waals surface area contributed by atoms with E-state index in [1.54, 1.807) is 36.4 Å². The summed E-state index contributed by atoms with van der Waals surface area (Å²) in [6.07, 6.45) is 0. The maximum Gasteiger partial charge on any atom is 0.336 e. The van der Waals surface area contributed by atoms with Gasteiger partial charge in [-0.1, -0.05) is 29.8 Å². The molecule has 100 valence electrons. The predicted octanol–water partition coefficient (Wildman–Crippen LogP) is 3.20. The Morgan fingerprint density at radius 1 is 1.20 bits per heavy atom. The van der Waals surface area contributed by atoms with Crippen LogP contribution in [0.4, 0.5) is 5.69 Å². The van der Waals surface area contributed by atoms with Gasteiger partial charge < -0.3 is 10.0 Å². The highest BCUT2D eigenvalue weighted by molar-refractivity contribution is 6.31. The Hall–Kier alpha value is -2.33. The Morgan fingerprint density at radius 3 is 2.65 bits per heavy atom. The van der Waals surface area contributed by atoms with E-state index in [9.17, 15) is 14.7 Å². The van der Waals surface area contributed by atoms with Crippen LogP contribution in [-0.2, 0) is 6.54 Å². The molecule has 2 aromatic carbocycles. The van der Waals surface area contributed by atoms with Crippen molar-refractivity contribution in [2.75, 3.05) is 4.90 Å². The second-order valence-corrected chi connectivity index (χ2v) is 4.95. The first kappa shape index (κ1) is 12.7. The van der Waals surface area contributed by atoms with Crippen LogP contribution in [0.3, 0.4) is 0 Å². The van der Waals surface area contributed by atoms with Crippen LogP contribution in [0.15, 0.2) is 42.5 Å². The van der Waals surface area contributed by atoms with Crippen LogP contribution >= 0.6 is 11.6 Å². The summed E-state index contributed by atoms with van der Waals surface area (Å²) in [4.78, 5) is 25.2. The number of anilines is 1. The van der Waals surface area contributed by atoms with Crippen molar-refractivity contribution in [2.45, 2.75) is 6.54 Å². The lowest BCUT2D eigenvalue weighted by Crippen LogP contribution is -2.23. The summed E-state index contributed by atoms with van der Waals surface area (Å²) in [5, 5.41) is 9.71. The van der Waals surface area contributed by atoms with Crippen LogP contribution in [-0.4, -0.2) is 17.0 Å². The van der Waals surface area contributed by atoms with Crippen molar-refractivity contribution in [3.05, 3.63) is 64.2 Å². The fourth-order valence-electron chi connectivity index (χ4n) is 2.39. The van der Waals surface area contributed by atoms with E-state index in [0.29, 0.717) is 17.3 Å². The number of aromatic carboxylic acids is 1. The number of carboxylic acids is 1. The number of carbonyl (C=O) groups excluding carboxylic acids is 1. The van der Waals surface area contributed by atoms with Gasteiger partial charge in [-0.15, -0.1) is 0 Å². The smallest absolute Gasteiger partial charge is 0.336 e. The minimum atomic E-state index is -1.09. The third-order valence-corrected chi connectivity index (χ3v) is 3.52. The molecule has 0 aromatic heterocycles. The van der Waals surface area contributed by atoms with Gasteiger partial charge in [-0.2, -0.15) is 0 Å². The number of halogens is 1. The highest BCUT2D eigenvalue weighted by Crippen LogP contribution is 2.31. The van der Waals surface area contributed by atoms with Gasteiger partial charge in [0.25, 0.3) is 5.91 Å². The predicted molar refractivity (Wildman–Crippen MR) is 75.4 cm³/mol. The van der Waals surface area contributed by atoms with Gasteiger partial charge in [0.2, 0.25) is 0 Å². The second-order valence-electron chi connectivity index (χ2n) is 4.52. The van der Waals surface area contributed by atoms with Crippen molar-refractivity contribution in [1.82, 2.24) is 0 Å². The first-order chi connectivity index (χ1) is 9.58. The van der Waals surface area contributed by atoms with Gasteiger partial charge in [0.1, 0.15) is 0 Å². The Labute approximate surface area is 120 Å². The van der Waals surface area contributed by atoms with E-state index < -0.39 is 5.97 Å². The molecule has 0 saturated heterocycles. The first-order valence-corrected chi connectivity index (χ1v) is 6.38. The van der Waals surface area contributed by atoms with Gasteiger partial charge in [-0.25, -0.2) is 4.79 Å². The fourth-order valence-corrected chi connectivity index (χ4v) is 2.58. The monoisotopic (exact) mass is 287 g/mol. The second kappa shape index (κ2) is 4.65. The maximum absolute atomic E-state index is 12.5. The lowest BCUT2D eigenvalue weighted by molar-refractivity contribution is 0.0692. The molecular formula is C15H10ClNO3. The number of nitrogens with zero attached hydrogens (tertiary/aromatic N) is 1. The van der Waals surface area contributed by atoms with E-state index in [4.69, 9.17) is 11.6 Å². The number of benzene rings is 2. The molecule has 1 amide bonds. The molecule has 3 rings (SSSR count). The number of rotatable bonds is 2. The molecule has 1 aliphatic heterocycles. The molecule has 1 aliphatic rings. The van der Waals surface area contributed by atoms with E-state index in [1.165, 1.54) is 11.0 Å². The zero-order valence-corrected chi connectivity index (χ0v) is 11.1. The van der Waals surface area contributed by atoms with Crippen LogP contribution in [0.5, 0.6) is 0 Å². The van der Waals surface area contributed by atoms with E-state index in [2.05, 4.69) is 0 Å². The fraction of sp³-hybridized carbons (Fsp3) is 0.0667. The van der Waals surface area contributed by atoms with Crippen molar-refractivity contribution in [3.63, 3.8) is 0 Å². The van der Waals surface area contributed by atoms with Crippen LogP contribution in [0.2, 0.25) is 5.02 Å². The number of carboxylic acid groups (broad SMARTS) is 1. The van der Waals surface area contributed by atoms with Crippen molar-refractivity contribution in [2.24, 2.45) is 0 Å². The zero-order valence-electron chi connectivity index (χ0n) is 10.3. The molecule has 0 unspecified atom stereocenters. The summed E-state index contributed by atoms with van der Waals surface area (Å²) in [6.45, 7) is 0.357. The highest BCUT2D eigenvalue weighted by Gasteiger charge is 2.32. The highest BCUT2D eigenvalue weighted by atomic mass is 35.5. The first-order valence-electron chi connectivity index (χ1n) is 6.00. The van der Waals surface area contributed by atoms with Gasteiger partial charge >= 0.3 is 5.97 Å². The summed E-state index contributed by atoms with van der Waals surface area (Å²) in [6, 6.07) is 11.8. The normalized spacial score (nSPS) is 13.4. The molecule has 0 aliphatic carbocycles. The van der Waals surface area contributed by atoms with E-state index in [-0.39, 0.29) is 17.0 Å². The third-order valence-electron chi connectivity index (χ3n) is 3.29. The Morgan fingerprint density at radius 2 is 1.95 bits per heavy atom. The van der Waals surface area contributed by atoms with Crippen molar-refractivity contribution >= 4 is 29.2 Å². The lowest BCUT2D eigenvalue weighted by Gasteiger charge is -2.15. The van der Waals surface area contributed by atoms with Crippen molar-refractivity contribution in [1.29, 1.82) is 0 Å². The Balaban J connectivity index is 2.07. The summed E-state index contributed by atoms with van der Waals surface area (Å²) in [5.41, 5.74) is 1.68. The summed E-state index contributed by atoms with van der Waals surface area (Å²) in [5.74, 6) is -1.40. The molecule has 5 heteroatoms. The van der Waals surface area contributed by atoms with E-state index in [1.807, 2.05) is 0 Å². The van der Waals surface area contributed by atoms with Gasteiger partial charge in [-0.05, 0) is 29.8 Å². The molecule has 0 radical (unpaired) electrons. The van der Waals surface area contributed by atoms with Gasteiger partial charge in [-0.3, -0.25) is 4.79 Å². The average Bonchev–Trinajstić information content (AvgIpc) is 2.76. The van der Waals surface area contributed by atoms with E-state index in [0.717, 1.165) is 5.56 Å². The number of hydrogen-bond donors (Lipinski definition) is 1. The molecule has 4 nitrogen and oxygen atoms in total. The number of amides is 1. The van der Waals surface area contributed by atoms with Crippen LogP contribution in [0.25, 0.3) is 0 Å². The SMILES string of the molecule is O=C(O)c1cccc2c1C(=O)N(c1cccc(Cl)c1)C2. The Bertz CT molecular complexity index is 727. The van der Waals surface area contributed by atoms with Crippen molar-refractivity contribution < 1.29 is 14.7 Å². The minimum Gasteiger partial charge on any atom is -0.478 e. The molecule has 1 heterocycles. The van der Waals surface area contributed by atoms with Crippen LogP contribution in [0, 0.1) is 0 Å². The summed E-state index contributed by atoms with van der Waals surface area (Å²) in [7, 11) is 0. The van der Waals surface area contributed by atoms with Gasteiger partial charge in [0.05, 0.1) is 17.7 Å². The van der Waals surface area contributed by atoms with Crippen LogP contribution < -0.4 is 4.90 Å². The summed E-state index contributed by atoms with van der Waals surface area (Å²) >= 11 is 5.93. The van der Waals surface area contributed by atoms with Crippen LogP contribution in [0.1, 0.15) is 26.3 Å². The standard InChI is InChI=1S/C15H10ClNO3/c16-10-4-2-5-11(7-10)17-8-9-3-1-6-12(15(19)20)13(9)14(17)18/h1-7H,8H2,(H,19,20). The quantitative estimate of drug-likeness (QED) is 0.923. The average molecular weight is 288 g/mol. The minimum absolute atomic E-state index is 0.0389. The molecule has 1 N–H and O–H groups in total. The molecule has 0 bridgehead atoms. The molecule has 0 fully saturated rings. The number of hydrogen-bond acceptors (Lipinski definition) is 2. The molecular weight excluding hydrogens is 278 g/mol. The Kier molecular flexibility index (Phi) is 2.95. The molecule has 20 heavy (non-hydrogen) atoms. The molecule has 2 aromatic rings. The molecule has 0 saturated carbocycles. The summed E-state index contributed by atoms with van der Waals surface area (Å²) < 4.78 is 0. The number of fused-ring (bicyclic) bond motifs is 1. The topological polar surface area (TPSA) is 57.6 Å². The van der Waals surface area contributed by atoms with E-state index >= 15 is 0 Å². The third kappa shape index (κ3) is 1.94. The van der Waals surface area contributed by atoms with Gasteiger partial charge in [0.15, 0.2) is 0 Å². The number of carbonyl (C=O) groups is 2. The molecule has 0 atom stereocenters. The zero-order chi connectivity index (χ0) is 14.3. The van der Waals surface area contributed by atoms with Crippen molar-refractivity contribution in [3.8, 4) is 0 Å². The largest absolute Gasteiger partial charge is 0.478 e. The molecule has 0 spiro atoms. The lowest BCUT2D eigenvalue weighted by atomic mass is 10.0.